The van der Waals surface area contributed by atoms with Crippen LogP contribution in [0.3, 0.4) is 0 Å². The molecule has 158 valence electrons. The molecule has 0 heterocycles. The molecule has 4 rings (SSSR count). The number of hydrogen-bond donors (Lipinski definition) is 2. The van der Waals surface area contributed by atoms with Crippen molar-refractivity contribution in [1.29, 1.82) is 0 Å². The summed E-state index contributed by atoms with van der Waals surface area (Å²) in [5, 5.41) is 5.81. The van der Waals surface area contributed by atoms with E-state index in [2.05, 4.69) is 10.6 Å². The van der Waals surface area contributed by atoms with Crippen LogP contribution in [0.4, 0.5) is 18.9 Å². The molecule has 2 aliphatic carbocycles. The van der Waals surface area contributed by atoms with Crippen LogP contribution < -0.4 is 10.6 Å². The predicted molar refractivity (Wildman–Crippen MR) is 107 cm³/mol. The standard InChI is InChI=1S/C22H20ClF3N2O2/c23-15-4-1-3-13(11-15)19(29)27-16-7-5-14(6-8-16)21(9-2-10-21)20(30)28-18-12-17(18)22(24,25)26/h1,3-8,11,17-18H,2,9-10,12H2,(H,27,29)(H,28,30)/t17-,18-/m1/s1. The average Bonchev–Trinajstić information content (AvgIpc) is 3.42. The number of carbonyl (C=O) groups is 2. The van der Waals surface area contributed by atoms with E-state index in [1.54, 1.807) is 48.5 Å². The lowest BCUT2D eigenvalue weighted by molar-refractivity contribution is -0.150. The molecule has 0 unspecified atom stereocenters. The van der Waals surface area contributed by atoms with Gasteiger partial charge in [-0.15, -0.1) is 0 Å². The molecule has 0 spiro atoms. The van der Waals surface area contributed by atoms with E-state index in [1.165, 1.54) is 0 Å². The molecule has 2 aromatic rings. The fourth-order valence-electron chi connectivity index (χ4n) is 3.91. The highest BCUT2D eigenvalue weighted by Gasteiger charge is 2.58. The number of halogens is 4. The van der Waals surface area contributed by atoms with Gasteiger partial charge in [0, 0.05) is 22.3 Å². The summed E-state index contributed by atoms with van der Waals surface area (Å²) in [5.74, 6) is -2.10. The largest absolute Gasteiger partial charge is 0.393 e. The number of anilines is 1. The van der Waals surface area contributed by atoms with Crippen molar-refractivity contribution in [1.82, 2.24) is 5.32 Å². The van der Waals surface area contributed by atoms with Crippen molar-refractivity contribution >= 4 is 29.1 Å². The highest BCUT2D eigenvalue weighted by Crippen LogP contribution is 2.48. The molecule has 0 radical (unpaired) electrons. The summed E-state index contributed by atoms with van der Waals surface area (Å²) in [6, 6.07) is 12.6. The number of hydrogen-bond acceptors (Lipinski definition) is 2. The molecule has 2 atom stereocenters. The van der Waals surface area contributed by atoms with Gasteiger partial charge in [-0.3, -0.25) is 9.59 Å². The quantitative estimate of drug-likeness (QED) is 0.686. The second-order valence-electron chi connectivity index (χ2n) is 7.94. The molecule has 4 nitrogen and oxygen atoms in total. The van der Waals surface area contributed by atoms with Crippen molar-refractivity contribution in [3.63, 3.8) is 0 Å². The maximum atomic E-state index is 12.8. The lowest BCUT2D eigenvalue weighted by Gasteiger charge is -2.41. The Morgan fingerprint density at radius 3 is 2.30 bits per heavy atom. The third-order valence-corrected chi connectivity index (χ3v) is 6.19. The van der Waals surface area contributed by atoms with Gasteiger partial charge in [-0.2, -0.15) is 13.2 Å². The summed E-state index contributed by atoms with van der Waals surface area (Å²) in [6.45, 7) is 0. The maximum absolute atomic E-state index is 12.8. The van der Waals surface area contributed by atoms with Gasteiger partial charge in [-0.05, 0) is 55.2 Å². The van der Waals surface area contributed by atoms with Gasteiger partial charge in [-0.25, -0.2) is 0 Å². The van der Waals surface area contributed by atoms with E-state index in [1.807, 2.05) is 0 Å². The molecule has 8 heteroatoms. The van der Waals surface area contributed by atoms with Crippen LogP contribution in [0.5, 0.6) is 0 Å². The van der Waals surface area contributed by atoms with Crippen LogP contribution in [-0.4, -0.2) is 24.0 Å². The average molecular weight is 437 g/mol. The molecule has 0 aliphatic heterocycles. The van der Waals surface area contributed by atoms with Crippen molar-refractivity contribution in [3.8, 4) is 0 Å². The Kier molecular flexibility index (Phi) is 5.26. The van der Waals surface area contributed by atoms with E-state index in [4.69, 9.17) is 11.6 Å². The van der Waals surface area contributed by atoms with Gasteiger partial charge in [0.05, 0.1) is 11.3 Å². The smallest absolute Gasteiger partial charge is 0.352 e. The molecular formula is C22H20ClF3N2O2. The van der Waals surface area contributed by atoms with Gasteiger partial charge in [0.2, 0.25) is 5.91 Å². The van der Waals surface area contributed by atoms with Crippen molar-refractivity contribution in [2.24, 2.45) is 5.92 Å². The van der Waals surface area contributed by atoms with E-state index in [0.717, 1.165) is 12.0 Å². The van der Waals surface area contributed by atoms with Crippen molar-refractivity contribution < 1.29 is 22.8 Å². The first kappa shape index (κ1) is 20.7. The van der Waals surface area contributed by atoms with Crippen LogP contribution in [-0.2, 0) is 10.2 Å². The zero-order valence-electron chi connectivity index (χ0n) is 15.9. The first-order valence-electron chi connectivity index (χ1n) is 9.74. The van der Waals surface area contributed by atoms with E-state index >= 15 is 0 Å². The molecule has 2 amide bonds. The molecule has 2 fully saturated rings. The lowest BCUT2D eigenvalue weighted by atomic mass is 9.63. The molecule has 30 heavy (non-hydrogen) atoms. The minimum Gasteiger partial charge on any atom is -0.352 e. The van der Waals surface area contributed by atoms with Crippen molar-refractivity contribution in [2.75, 3.05) is 5.32 Å². The van der Waals surface area contributed by atoms with Gasteiger partial charge in [0.15, 0.2) is 0 Å². The zero-order valence-corrected chi connectivity index (χ0v) is 16.7. The molecule has 2 saturated carbocycles. The van der Waals surface area contributed by atoms with Crippen molar-refractivity contribution in [2.45, 2.75) is 43.3 Å². The normalized spacial score (nSPS) is 22.0. The van der Waals surface area contributed by atoms with Crippen LogP contribution in [0.2, 0.25) is 5.02 Å². The van der Waals surface area contributed by atoms with E-state index in [0.29, 0.717) is 29.1 Å². The number of benzene rings is 2. The molecule has 2 aromatic carbocycles. The maximum Gasteiger partial charge on any atom is 0.393 e. The molecule has 0 bridgehead atoms. The number of carbonyl (C=O) groups excluding carboxylic acids is 2. The number of alkyl halides is 3. The topological polar surface area (TPSA) is 58.2 Å². The fourth-order valence-corrected chi connectivity index (χ4v) is 4.10. The molecule has 2 N–H and O–H groups in total. The second-order valence-corrected chi connectivity index (χ2v) is 8.38. The van der Waals surface area contributed by atoms with Crippen LogP contribution in [0, 0.1) is 5.92 Å². The minimum atomic E-state index is -4.27. The number of nitrogens with one attached hydrogen (secondary N) is 2. The summed E-state index contributed by atoms with van der Waals surface area (Å²) >= 11 is 5.91. The summed E-state index contributed by atoms with van der Waals surface area (Å²) in [4.78, 5) is 25.1. The van der Waals surface area contributed by atoms with Crippen LogP contribution >= 0.6 is 11.6 Å². The first-order valence-corrected chi connectivity index (χ1v) is 10.1. The SMILES string of the molecule is O=C(Nc1ccc(C2(C(=O)N[C@@H]3C[C@H]3C(F)(F)F)CCC2)cc1)c1cccc(Cl)c1. The Morgan fingerprint density at radius 1 is 1.07 bits per heavy atom. The highest BCUT2D eigenvalue weighted by atomic mass is 35.5. The monoisotopic (exact) mass is 436 g/mol. The zero-order chi connectivity index (χ0) is 21.5. The Hall–Kier alpha value is -2.54. The highest BCUT2D eigenvalue weighted by molar-refractivity contribution is 6.31. The summed E-state index contributed by atoms with van der Waals surface area (Å²) in [6.07, 6.45) is -2.30. The summed E-state index contributed by atoms with van der Waals surface area (Å²) in [5.41, 5.74) is 0.924. The molecule has 0 saturated heterocycles. The second kappa shape index (κ2) is 7.61. The van der Waals surface area contributed by atoms with Gasteiger partial charge in [0.1, 0.15) is 0 Å². The molecular weight excluding hydrogens is 417 g/mol. The van der Waals surface area contributed by atoms with Gasteiger partial charge in [-0.1, -0.05) is 36.2 Å². The summed E-state index contributed by atoms with van der Waals surface area (Å²) < 4.78 is 38.3. The molecule has 0 aromatic heterocycles. The Balaban J connectivity index is 1.43. The minimum absolute atomic E-state index is 0.0558. The summed E-state index contributed by atoms with van der Waals surface area (Å²) in [7, 11) is 0. The lowest BCUT2D eigenvalue weighted by Crippen LogP contribution is -2.50. The van der Waals surface area contributed by atoms with Crippen LogP contribution in [0.1, 0.15) is 41.6 Å². The van der Waals surface area contributed by atoms with Crippen molar-refractivity contribution in [3.05, 3.63) is 64.7 Å². The van der Waals surface area contributed by atoms with E-state index in [-0.39, 0.29) is 18.2 Å². The number of amides is 2. The fraction of sp³-hybridized carbons (Fsp3) is 0.364. The van der Waals surface area contributed by atoms with Gasteiger partial charge < -0.3 is 10.6 Å². The van der Waals surface area contributed by atoms with Gasteiger partial charge >= 0.3 is 6.18 Å². The predicted octanol–water partition coefficient (Wildman–Crippen LogP) is 5.08. The third kappa shape index (κ3) is 4.03. The third-order valence-electron chi connectivity index (χ3n) is 5.95. The molecule has 2 aliphatic rings. The number of rotatable bonds is 5. The van der Waals surface area contributed by atoms with E-state index < -0.39 is 23.6 Å². The van der Waals surface area contributed by atoms with E-state index in [9.17, 15) is 22.8 Å². The van der Waals surface area contributed by atoms with Crippen LogP contribution in [0.25, 0.3) is 0 Å². The van der Waals surface area contributed by atoms with Crippen LogP contribution in [0.15, 0.2) is 48.5 Å². The first-order chi connectivity index (χ1) is 14.2. The Bertz CT molecular complexity index is 971. The van der Waals surface area contributed by atoms with Gasteiger partial charge in [0.25, 0.3) is 5.91 Å². The Labute approximate surface area is 176 Å². The Morgan fingerprint density at radius 2 is 1.77 bits per heavy atom.